The van der Waals surface area contributed by atoms with Crippen molar-refractivity contribution in [2.75, 3.05) is 0 Å². The molecular weight excluding hydrogens is 162 g/mol. The number of halogens is 1. The maximum atomic E-state index is 5.59. The molecular formula is C4H4ClNS2. The van der Waals surface area contributed by atoms with Crippen molar-refractivity contribution in [2.24, 2.45) is 0 Å². The van der Waals surface area contributed by atoms with Gasteiger partial charge in [-0.05, 0) is 0 Å². The average Bonchev–Trinajstić information content (AvgIpc) is 2.14. The van der Waals surface area contributed by atoms with E-state index in [9.17, 15) is 0 Å². The summed E-state index contributed by atoms with van der Waals surface area (Å²) in [5, 5.41) is 0.588. The van der Waals surface area contributed by atoms with Crippen LogP contribution in [0.4, 0.5) is 0 Å². The van der Waals surface area contributed by atoms with Gasteiger partial charge in [0, 0.05) is 5.75 Å². The summed E-state index contributed by atoms with van der Waals surface area (Å²) in [6.07, 6.45) is 0. The van der Waals surface area contributed by atoms with Gasteiger partial charge < -0.3 is 0 Å². The Morgan fingerprint density at radius 3 is 2.88 bits per heavy atom. The van der Waals surface area contributed by atoms with E-state index in [2.05, 4.69) is 17.6 Å². The van der Waals surface area contributed by atoms with Crippen LogP contribution < -0.4 is 0 Å². The van der Waals surface area contributed by atoms with Crippen LogP contribution >= 0.6 is 35.6 Å². The van der Waals surface area contributed by atoms with Crippen LogP contribution in [0.5, 0.6) is 0 Å². The molecule has 0 unspecified atom stereocenters. The van der Waals surface area contributed by atoms with Crippen molar-refractivity contribution in [1.82, 2.24) is 4.98 Å². The van der Waals surface area contributed by atoms with Gasteiger partial charge in [0.15, 0.2) is 0 Å². The van der Waals surface area contributed by atoms with Crippen LogP contribution in [0.15, 0.2) is 5.51 Å². The summed E-state index contributed by atoms with van der Waals surface area (Å²) in [5.41, 5.74) is 1.72. The lowest BCUT2D eigenvalue weighted by atomic mass is 10.6. The Hall–Kier alpha value is 0.270. The van der Waals surface area contributed by atoms with Crippen molar-refractivity contribution in [1.29, 1.82) is 0 Å². The van der Waals surface area contributed by atoms with E-state index in [1.165, 1.54) is 11.3 Å². The maximum absolute atomic E-state index is 5.59. The molecule has 0 saturated carbocycles. The molecule has 0 aliphatic carbocycles. The second-order valence-corrected chi connectivity index (χ2v) is 2.84. The van der Waals surface area contributed by atoms with Crippen LogP contribution in [0.2, 0.25) is 5.15 Å². The lowest BCUT2D eigenvalue weighted by molar-refractivity contribution is 1.37. The van der Waals surface area contributed by atoms with Crippen LogP contribution in [0.1, 0.15) is 4.88 Å². The van der Waals surface area contributed by atoms with Gasteiger partial charge in [-0.1, -0.05) is 11.6 Å². The van der Waals surface area contributed by atoms with E-state index in [1.807, 2.05) is 0 Å². The van der Waals surface area contributed by atoms with E-state index in [4.69, 9.17) is 11.6 Å². The number of rotatable bonds is 1. The maximum Gasteiger partial charge on any atom is 0.143 e. The standard InChI is InChI=1S/C4H4ClNS2/c5-4-3(1-7)8-2-6-4/h2,7H,1H2. The molecule has 0 amide bonds. The molecule has 0 radical (unpaired) electrons. The Bertz CT molecular complexity index is 174. The molecule has 44 valence electrons. The summed E-state index contributed by atoms with van der Waals surface area (Å²) in [7, 11) is 0. The molecule has 0 N–H and O–H groups in total. The minimum Gasteiger partial charge on any atom is -0.233 e. The molecule has 0 atom stereocenters. The number of aromatic nitrogens is 1. The molecule has 0 aromatic carbocycles. The first-order valence-electron chi connectivity index (χ1n) is 2.03. The molecule has 0 fully saturated rings. The lowest BCUT2D eigenvalue weighted by Gasteiger charge is -1.82. The summed E-state index contributed by atoms with van der Waals surface area (Å²) in [5.74, 6) is 0.684. The number of thiazole rings is 1. The van der Waals surface area contributed by atoms with Gasteiger partial charge in [0.05, 0.1) is 10.4 Å². The fourth-order valence-corrected chi connectivity index (χ4v) is 1.64. The third-order valence-corrected chi connectivity index (χ3v) is 2.54. The quantitative estimate of drug-likeness (QED) is 0.630. The van der Waals surface area contributed by atoms with Crippen LogP contribution in [0.3, 0.4) is 0 Å². The van der Waals surface area contributed by atoms with Gasteiger partial charge in [-0.3, -0.25) is 0 Å². The monoisotopic (exact) mass is 165 g/mol. The first kappa shape index (κ1) is 6.39. The lowest BCUT2D eigenvalue weighted by Crippen LogP contribution is -1.67. The fourth-order valence-electron chi connectivity index (χ4n) is 0.359. The topological polar surface area (TPSA) is 12.9 Å². The minimum atomic E-state index is 0.588. The van der Waals surface area contributed by atoms with E-state index in [1.54, 1.807) is 5.51 Å². The van der Waals surface area contributed by atoms with Crippen LogP contribution in [0.25, 0.3) is 0 Å². The molecule has 1 aromatic rings. The summed E-state index contributed by atoms with van der Waals surface area (Å²) in [6, 6.07) is 0. The van der Waals surface area contributed by atoms with Crippen molar-refractivity contribution in [3.8, 4) is 0 Å². The van der Waals surface area contributed by atoms with Crippen molar-refractivity contribution in [3.05, 3.63) is 15.5 Å². The van der Waals surface area contributed by atoms with Crippen molar-refractivity contribution >= 4 is 35.6 Å². The van der Waals surface area contributed by atoms with E-state index in [-0.39, 0.29) is 0 Å². The number of hydrogen-bond acceptors (Lipinski definition) is 3. The minimum absolute atomic E-state index is 0.588. The first-order chi connectivity index (χ1) is 3.84. The Morgan fingerprint density at radius 1 is 1.88 bits per heavy atom. The highest BCUT2D eigenvalue weighted by molar-refractivity contribution is 7.79. The molecule has 0 bridgehead atoms. The average molecular weight is 166 g/mol. The Morgan fingerprint density at radius 2 is 2.62 bits per heavy atom. The van der Waals surface area contributed by atoms with Crippen LogP contribution in [-0.4, -0.2) is 4.98 Å². The molecule has 0 aliphatic heterocycles. The summed E-state index contributed by atoms with van der Waals surface area (Å²) in [4.78, 5) is 4.86. The third-order valence-electron chi connectivity index (χ3n) is 0.735. The predicted octanol–water partition coefficient (Wildman–Crippen LogP) is 2.23. The van der Waals surface area contributed by atoms with Gasteiger partial charge >= 0.3 is 0 Å². The normalized spacial score (nSPS) is 9.75. The zero-order chi connectivity index (χ0) is 5.98. The van der Waals surface area contributed by atoms with Gasteiger partial charge in [0.1, 0.15) is 5.15 Å². The second kappa shape index (κ2) is 2.71. The Labute approximate surface area is 62.1 Å². The smallest absolute Gasteiger partial charge is 0.143 e. The Kier molecular flexibility index (Phi) is 2.16. The zero-order valence-corrected chi connectivity index (χ0v) is 6.43. The highest BCUT2D eigenvalue weighted by Crippen LogP contribution is 2.19. The highest BCUT2D eigenvalue weighted by atomic mass is 35.5. The number of nitrogens with zero attached hydrogens (tertiary/aromatic N) is 1. The summed E-state index contributed by atoms with van der Waals surface area (Å²) in [6.45, 7) is 0. The van der Waals surface area contributed by atoms with Gasteiger partial charge in [-0.2, -0.15) is 12.6 Å². The van der Waals surface area contributed by atoms with Crippen molar-refractivity contribution in [3.63, 3.8) is 0 Å². The number of hydrogen-bond donors (Lipinski definition) is 1. The predicted molar refractivity (Wildman–Crippen MR) is 39.8 cm³/mol. The van der Waals surface area contributed by atoms with E-state index < -0.39 is 0 Å². The van der Waals surface area contributed by atoms with Crippen LogP contribution in [-0.2, 0) is 5.75 Å². The molecule has 1 aromatic heterocycles. The first-order valence-corrected chi connectivity index (χ1v) is 3.92. The van der Waals surface area contributed by atoms with Crippen molar-refractivity contribution in [2.45, 2.75) is 5.75 Å². The largest absolute Gasteiger partial charge is 0.233 e. The van der Waals surface area contributed by atoms with E-state index >= 15 is 0 Å². The SMILES string of the molecule is SCc1scnc1Cl. The van der Waals surface area contributed by atoms with Crippen molar-refractivity contribution < 1.29 is 0 Å². The van der Waals surface area contributed by atoms with E-state index in [0.29, 0.717) is 10.9 Å². The van der Waals surface area contributed by atoms with Gasteiger partial charge in [0.25, 0.3) is 0 Å². The molecule has 0 aliphatic rings. The molecule has 1 rings (SSSR count). The fraction of sp³-hybridized carbons (Fsp3) is 0.250. The summed E-state index contributed by atoms with van der Waals surface area (Å²) >= 11 is 11.2. The molecule has 1 heterocycles. The molecule has 0 saturated heterocycles. The second-order valence-electron chi connectivity index (χ2n) is 1.22. The van der Waals surface area contributed by atoms with E-state index in [0.717, 1.165) is 4.88 Å². The highest BCUT2D eigenvalue weighted by Gasteiger charge is 1.97. The van der Waals surface area contributed by atoms with Gasteiger partial charge in [-0.15, -0.1) is 11.3 Å². The molecule has 4 heteroatoms. The number of thiol groups is 1. The zero-order valence-electron chi connectivity index (χ0n) is 3.97. The molecule has 1 nitrogen and oxygen atoms in total. The molecule has 8 heavy (non-hydrogen) atoms. The van der Waals surface area contributed by atoms with Gasteiger partial charge in [0.2, 0.25) is 0 Å². The van der Waals surface area contributed by atoms with Crippen LogP contribution in [0, 0.1) is 0 Å². The summed E-state index contributed by atoms with van der Waals surface area (Å²) < 4.78 is 0. The Balaban J connectivity index is 2.92. The third kappa shape index (κ3) is 1.16. The molecule has 0 spiro atoms. The van der Waals surface area contributed by atoms with Gasteiger partial charge in [-0.25, -0.2) is 4.98 Å².